The molecule has 11 aromatic rings. The smallest absolute Gasteiger partial charge is 0.423 e. The van der Waals surface area contributed by atoms with Gasteiger partial charge in [-0.15, -0.1) is 0 Å². The highest BCUT2D eigenvalue weighted by Crippen LogP contribution is 2.35. The van der Waals surface area contributed by atoms with Crippen LogP contribution in [0.1, 0.15) is 44.5 Å². The Kier molecular flexibility index (Phi) is 26.4. The van der Waals surface area contributed by atoms with Gasteiger partial charge in [0.2, 0.25) is 0 Å². The maximum Gasteiger partial charge on any atom is 0.488 e. The number of hydrogen-bond acceptors (Lipinski definition) is 18. The quantitative estimate of drug-likeness (QED) is 0.0288. The van der Waals surface area contributed by atoms with Gasteiger partial charge in [0.15, 0.2) is 0 Å². The average molecular weight is 1620 g/mol. The first-order chi connectivity index (χ1) is 50.9. The molecule has 0 saturated carbocycles. The molecule has 0 atom stereocenters. The number of anilines is 5. The molecule has 0 aliphatic carbocycles. The third kappa shape index (κ3) is 20.9. The zero-order chi connectivity index (χ0) is 75.6. The molecule has 7 aromatic carbocycles. The van der Waals surface area contributed by atoms with E-state index >= 15 is 0 Å². The molecule has 4 aromatic heterocycles. The number of urea groups is 3. The van der Waals surface area contributed by atoms with E-state index in [1.54, 1.807) is 119 Å². The zero-order valence-corrected chi connectivity index (χ0v) is 61.0. The number of nitrogens with one attached hydrogen (secondary N) is 4. The van der Waals surface area contributed by atoms with E-state index < -0.39 is 27.9 Å². The highest BCUT2D eigenvalue weighted by molar-refractivity contribution is 9.10. The molecule has 0 bridgehead atoms. The van der Waals surface area contributed by atoms with Crippen LogP contribution in [0.2, 0.25) is 15.1 Å². The minimum atomic E-state index is -1.41. The minimum Gasteiger partial charge on any atom is -0.423 e. The Labute approximate surface area is 638 Å². The standard InChI is InChI=1S/C20H15ClN4O3.C20H17ClN4O.C14H11BrN4O3.C7H8N2.C6H6BClO2.C6H5BrN2O2/c21-17-4-1-13(2-5-17)14-3-6-19(25(27)28)18(9-14)23-20(26)24-11-15-7-8-22-10-16(15)12-24;21-17-4-1-13(2-5-17)14-3-6-18(22)19(9-14)24-20(26)25-11-15-7-8-23-10-16(15)12-25;15-11-1-2-13(19(21)22)12(5-11)17-14(20)18-7-9-3-4-16-6-10(9)8-18;1-2-8-4-7-5-9-3-6(1)7;8-6-3-1-5(2-4-6)7(9)10;7-4-1-2-6(9(10)11)5(8)3-4/h1-10H,11-12H2,(H,23,26);1-10H,11-12,22H2,(H,24,26);1-6H,7-8H2,(H,17,20);1-2,4,9H,3,5H2;1-4,9-10H;1-3H,8H2. The summed E-state index contributed by atoms with van der Waals surface area (Å²) in [6, 6.07) is 46.9. The van der Waals surface area contributed by atoms with Crippen molar-refractivity contribution < 1.29 is 39.2 Å². The van der Waals surface area contributed by atoms with Gasteiger partial charge in [0.1, 0.15) is 17.1 Å². The predicted octanol–water partition coefficient (Wildman–Crippen LogP) is 15.3. The summed E-state index contributed by atoms with van der Waals surface area (Å²) in [4.78, 5) is 89.9. The highest BCUT2D eigenvalue weighted by atomic mass is 79.9. The van der Waals surface area contributed by atoms with Gasteiger partial charge in [-0.05, 0) is 181 Å². The summed E-state index contributed by atoms with van der Waals surface area (Å²) in [6.07, 6.45) is 14.1. The van der Waals surface area contributed by atoms with Crippen molar-refractivity contribution in [3.05, 3.63) is 318 Å². The van der Waals surface area contributed by atoms with E-state index in [0.29, 0.717) is 75.6 Å². The first-order valence-electron chi connectivity index (χ1n) is 31.9. The van der Waals surface area contributed by atoms with Crippen molar-refractivity contribution in [3.63, 3.8) is 0 Å². The molecular weight excluding hydrogens is 1550 g/mol. The molecule has 0 fully saturated rings. The molecule has 6 amide bonds. The van der Waals surface area contributed by atoms with Crippen LogP contribution in [0.4, 0.5) is 59.9 Å². The van der Waals surface area contributed by atoms with Gasteiger partial charge in [0.25, 0.3) is 17.1 Å². The van der Waals surface area contributed by atoms with Crippen LogP contribution >= 0.6 is 66.7 Å². The molecular formula is C73H62BBr2Cl3N16O11. The molecule has 10 N–H and O–H groups in total. The van der Waals surface area contributed by atoms with Gasteiger partial charge in [0.05, 0.1) is 26.1 Å². The number of carbonyl (C=O) groups excluding carboxylic acids is 3. The van der Waals surface area contributed by atoms with E-state index in [1.807, 2.05) is 79.1 Å². The second-order valence-corrected chi connectivity index (χ2v) is 26.8. The van der Waals surface area contributed by atoms with Gasteiger partial charge in [-0.3, -0.25) is 50.3 Å². The van der Waals surface area contributed by atoms with E-state index in [4.69, 9.17) is 56.3 Å². The normalized spacial score (nSPS) is 12.3. The molecule has 4 aliphatic rings. The number of nitro groups is 3. The molecule has 27 nitrogen and oxygen atoms in total. The number of nitrogen functional groups attached to an aromatic ring is 2. The summed E-state index contributed by atoms with van der Waals surface area (Å²) >= 11 is 23.8. The largest absolute Gasteiger partial charge is 0.488 e. The lowest BCUT2D eigenvalue weighted by atomic mass is 9.81. The predicted molar refractivity (Wildman–Crippen MR) is 414 cm³/mol. The van der Waals surface area contributed by atoms with Gasteiger partial charge >= 0.3 is 25.2 Å². The van der Waals surface area contributed by atoms with Crippen LogP contribution in [0.15, 0.2) is 228 Å². The van der Waals surface area contributed by atoms with E-state index in [2.05, 4.69) is 79.1 Å². The van der Waals surface area contributed by atoms with E-state index in [9.17, 15) is 44.7 Å². The number of nitrogens with two attached hydrogens (primary N) is 2. The van der Waals surface area contributed by atoms with Crippen molar-refractivity contribution in [2.45, 2.75) is 52.4 Å². The fourth-order valence-electron chi connectivity index (χ4n) is 11.0. The van der Waals surface area contributed by atoms with Crippen molar-refractivity contribution in [1.29, 1.82) is 0 Å². The third-order valence-corrected chi connectivity index (χ3v) is 18.3. The number of nitro benzene ring substituents is 3. The number of fused-ring (bicyclic) bond motifs is 4. The Balaban J connectivity index is 0.000000143. The van der Waals surface area contributed by atoms with Crippen LogP contribution in [0.25, 0.3) is 22.3 Å². The van der Waals surface area contributed by atoms with Crippen molar-refractivity contribution in [3.8, 4) is 22.3 Å². The number of amides is 6. The maximum absolute atomic E-state index is 12.7. The van der Waals surface area contributed by atoms with E-state index in [1.165, 1.54) is 41.5 Å². The zero-order valence-electron chi connectivity index (χ0n) is 55.6. The fourth-order valence-corrected chi connectivity index (χ4v) is 12.1. The number of pyridine rings is 4. The monoisotopic (exact) mass is 1610 g/mol. The van der Waals surface area contributed by atoms with E-state index in [0.717, 1.165) is 73.2 Å². The number of halogens is 5. The molecule has 0 unspecified atom stereocenters. The van der Waals surface area contributed by atoms with Gasteiger partial charge < -0.3 is 57.5 Å². The van der Waals surface area contributed by atoms with Crippen LogP contribution < -0.4 is 38.2 Å². The summed E-state index contributed by atoms with van der Waals surface area (Å²) in [6.45, 7) is 4.88. The first-order valence-corrected chi connectivity index (χ1v) is 34.7. The highest BCUT2D eigenvalue weighted by Gasteiger charge is 2.29. The van der Waals surface area contributed by atoms with Crippen LogP contribution in [0, 0.1) is 30.3 Å². The van der Waals surface area contributed by atoms with Gasteiger partial charge in [0, 0.05) is 144 Å². The molecule has 33 heteroatoms. The van der Waals surface area contributed by atoms with E-state index in [-0.39, 0.29) is 46.2 Å². The lowest BCUT2D eigenvalue weighted by molar-refractivity contribution is -0.384. The van der Waals surface area contributed by atoms with Crippen LogP contribution in [0.5, 0.6) is 0 Å². The lowest BCUT2D eigenvalue weighted by Gasteiger charge is -2.18. The summed E-state index contributed by atoms with van der Waals surface area (Å²) in [5.41, 5.74) is 25.6. The topological polar surface area (TPSA) is 383 Å². The maximum atomic E-state index is 12.7. The van der Waals surface area contributed by atoms with Crippen molar-refractivity contribution in [1.82, 2.24) is 40.0 Å². The average Bonchev–Trinajstić information content (AvgIpc) is 1.55. The number of benzene rings is 7. The third-order valence-electron chi connectivity index (χ3n) is 16.5. The van der Waals surface area contributed by atoms with Crippen LogP contribution in [-0.2, 0) is 52.4 Å². The SMILES string of the molecule is Nc1cc(Br)ccc1[N+](=O)[O-].Nc1ccc(-c2ccc(Cl)cc2)cc1NC(=O)N1Cc2ccncc2C1.O=C(Nc1cc(-c2ccc(Cl)cc2)ccc1[N+](=O)[O-])N1Cc2ccncc2C1.O=C(Nc1cc(Br)ccc1[N+](=O)[O-])N1Cc2ccncc2C1.OB(O)c1ccc(Cl)cc1.c1cc2c(cn1)CNC2. The molecule has 0 spiro atoms. The summed E-state index contributed by atoms with van der Waals surface area (Å²) < 4.78 is 1.39. The summed E-state index contributed by atoms with van der Waals surface area (Å²) in [5.74, 6) is 0. The first kappa shape index (κ1) is 77.1. The molecule has 538 valence electrons. The van der Waals surface area contributed by atoms with Crippen LogP contribution in [0.3, 0.4) is 0 Å². The Morgan fingerprint density at radius 3 is 1.17 bits per heavy atom. The Hall–Kier alpha value is -11.5. The van der Waals surface area contributed by atoms with Crippen molar-refractivity contribution >= 4 is 143 Å². The minimum absolute atomic E-state index is 0.0619. The second-order valence-electron chi connectivity index (χ2n) is 23.6. The van der Waals surface area contributed by atoms with Crippen molar-refractivity contribution in [2.24, 2.45) is 0 Å². The molecule has 0 saturated heterocycles. The fraction of sp³-hybridized carbons (Fsp3) is 0.110. The number of carbonyl (C=O) groups is 3. The van der Waals surface area contributed by atoms with Crippen molar-refractivity contribution in [2.75, 3.05) is 27.4 Å². The molecule has 106 heavy (non-hydrogen) atoms. The number of hydrogen-bond donors (Lipinski definition) is 8. The number of rotatable bonds is 9. The molecule has 15 rings (SSSR count). The lowest BCUT2D eigenvalue weighted by Crippen LogP contribution is -2.30. The van der Waals surface area contributed by atoms with Gasteiger partial charge in [-0.25, -0.2) is 14.4 Å². The van der Waals surface area contributed by atoms with Gasteiger partial charge in [-0.1, -0.05) is 109 Å². The Morgan fingerprint density at radius 1 is 0.415 bits per heavy atom. The summed E-state index contributed by atoms with van der Waals surface area (Å²) in [5, 5.41) is 63.3. The second kappa shape index (κ2) is 36.3. The number of nitrogens with zero attached hydrogens (tertiary/aromatic N) is 10. The molecule has 0 radical (unpaired) electrons. The molecule has 4 aliphatic heterocycles. The summed E-state index contributed by atoms with van der Waals surface area (Å²) in [7, 11) is -1.41. The Morgan fingerprint density at radius 2 is 0.755 bits per heavy atom. The Bertz CT molecular complexity index is 4950. The molecule has 8 heterocycles. The van der Waals surface area contributed by atoms with Crippen LogP contribution in [-0.4, -0.2) is 84.7 Å². The van der Waals surface area contributed by atoms with Gasteiger partial charge in [-0.2, -0.15) is 0 Å². The number of aromatic nitrogens is 4.